The van der Waals surface area contributed by atoms with Crippen molar-refractivity contribution < 1.29 is 9.59 Å². The van der Waals surface area contributed by atoms with Gasteiger partial charge in [-0.2, -0.15) is 0 Å². The van der Waals surface area contributed by atoms with Crippen molar-refractivity contribution >= 4 is 39.3 Å². The van der Waals surface area contributed by atoms with Gasteiger partial charge in [0.05, 0.1) is 5.56 Å². The SMILES string of the molecule is CC(C)CNC(=O)CCNC(=O)c1cc(Br)cnc1Cl. The number of carbonyl (C=O) groups excluding carboxylic acids is 2. The van der Waals surface area contributed by atoms with Crippen molar-refractivity contribution in [1.82, 2.24) is 15.6 Å². The van der Waals surface area contributed by atoms with Gasteiger partial charge in [0.15, 0.2) is 0 Å². The number of nitrogens with zero attached hydrogens (tertiary/aromatic N) is 1. The monoisotopic (exact) mass is 361 g/mol. The van der Waals surface area contributed by atoms with Gasteiger partial charge in [0.1, 0.15) is 5.15 Å². The molecule has 0 bridgehead atoms. The minimum absolute atomic E-state index is 0.0857. The van der Waals surface area contributed by atoms with Crippen molar-refractivity contribution in [3.63, 3.8) is 0 Å². The molecule has 20 heavy (non-hydrogen) atoms. The largest absolute Gasteiger partial charge is 0.356 e. The topological polar surface area (TPSA) is 71.1 Å². The molecule has 0 aliphatic carbocycles. The Bertz CT molecular complexity index is 495. The number of nitrogens with one attached hydrogen (secondary N) is 2. The molecule has 0 aliphatic heterocycles. The maximum atomic E-state index is 11.9. The van der Waals surface area contributed by atoms with Crippen LogP contribution in [0.3, 0.4) is 0 Å². The van der Waals surface area contributed by atoms with Gasteiger partial charge in [0.2, 0.25) is 5.91 Å². The second-order valence-corrected chi connectivity index (χ2v) is 5.97. The highest BCUT2D eigenvalue weighted by Gasteiger charge is 2.12. The molecule has 0 spiro atoms. The molecule has 110 valence electrons. The number of rotatable bonds is 6. The molecule has 2 amide bonds. The van der Waals surface area contributed by atoms with Crippen LogP contribution in [0.1, 0.15) is 30.6 Å². The third-order valence-corrected chi connectivity index (χ3v) is 3.13. The van der Waals surface area contributed by atoms with Gasteiger partial charge in [-0.3, -0.25) is 9.59 Å². The first kappa shape index (κ1) is 16.9. The average molecular weight is 363 g/mol. The third-order valence-electron chi connectivity index (χ3n) is 2.40. The molecule has 2 N–H and O–H groups in total. The molecule has 1 rings (SSSR count). The average Bonchev–Trinajstić information content (AvgIpc) is 2.39. The van der Waals surface area contributed by atoms with E-state index in [1.54, 1.807) is 6.07 Å². The smallest absolute Gasteiger partial charge is 0.254 e. The van der Waals surface area contributed by atoms with Crippen molar-refractivity contribution in [2.75, 3.05) is 13.1 Å². The number of aromatic nitrogens is 1. The molecule has 0 saturated carbocycles. The van der Waals surface area contributed by atoms with Gasteiger partial charge >= 0.3 is 0 Å². The maximum Gasteiger partial charge on any atom is 0.254 e. The summed E-state index contributed by atoms with van der Waals surface area (Å²) in [4.78, 5) is 27.2. The standard InChI is InChI=1S/C13H17BrClN3O2/c1-8(2)6-17-11(19)3-4-16-13(20)10-5-9(14)7-18-12(10)15/h5,7-8H,3-4,6H2,1-2H3,(H,16,20)(H,17,19). The van der Waals surface area contributed by atoms with Gasteiger partial charge in [-0.25, -0.2) is 4.98 Å². The number of hydrogen-bond donors (Lipinski definition) is 2. The van der Waals surface area contributed by atoms with E-state index in [0.717, 1.165) is 0 Å². The zero-order valence-corrected chi connectivity index (χ0v) is 13.7. The lowest BCUT2D eigenvalue weighted by Crippen LogP contribution is -2.32. The Hall–Kier alpha value is -1.14. The number of amides is 2. The fraction of sp³-hybridized carbons (Fsp3) is 0.462. The van der Waals surface area contributed by atoms with Gasteiger partial charge in [-0.15, -0.1) is 0 Å². The maximum absolute atomic E-state index is 11.9. The van der Waals surface area contributed by atoms with Crippen molar-refractivity contribution in [3.05, 3.63) is 27.5 Å². The van der Waals surface area contributed by atoms with E-state index < -0.39 is 0 Å². The molecule has 0 saturated heterocycles. The number of pyridine rings is 1. The molecule has 1 aromatic rings. The van der Waals surface area contributed by atoms with Crippen LogP contribution in [0, 0.1) is 5.92 Å². The summed E-state index contributed by atoms with van der Waals surface area (Å²) in [5, 5.41) is 5.55. The van der Waals surface area contributed by atoms with Crippen LogP contribution in [0.5, 0.6) is 0 Å². The molecule has 0 atom stereocenters. The van der Waals surface area contributed by atoms with Crippen LogP contribution in [0.15, 0.2) is 16.7 Å². The Morgan fingerprint density at radius 1 is 1.40 bits per heavy atom. The fourth-order valence-electron chi connectivity index (χ4n) is 1.37. The van der Waals surface area contributed by atoms with E-state index in [0.29, 0.717) is 16.9 Å². The summed E-state index contributed by atoms with van der Waals surface area (Å²) in [7, 11) is 0. The fourth-order valence-corrected chi connectivity index (χ4v) is 1.89. The van der Waals surface area contributed by atoms with Crippen LogP contribution in [-0.2, 0) is 4.79 Å². The summed E-state index contributed by atoms with van der Waals surface area (Å²) in [6.45, 7) is 4.92. The Morgan fingerprint density at radius 3 is 2.75 bits per heavy atom. The van der Waals surface area contributed by atoms with E-state index in [1.807, 2.05) is 13.8 Å². The predicted octanol–water partition coefficient (Wildman–Crippen LogP) is 2.39. The van der Waals surface area contributed by atoms with Crippen LogP contribution in [0.25, 0.3) is 0 Å². The van der Waals surface area contributed by atoms with Crippen LogP contribution in [0.2, 0.25) is 5.15 Å². The molecule has 0 radical (unpaired) electrons. The normalized spacial score (nSPS) is 10.4. The Kier molecular flexibility index (Phi) is 6.95. The number of hydrogen-bond acceptors (Lipinski definition) is 3. The van der Waals surface area contributed by atoms with Crippen molar-refractivity contribution in [1.29, 1.82) is 0 Å². The minimum atomic E-state index is -0.347. The van der Waals surface area contributed by atoms with E-state index in [4.69, 9.17) is 11.6 Å². The van der Waals surface area contributed by atoms with Gasteiger partial charge in [-0.1, -0.05) is 25.4 Å². The molecule has 1 aromatic heterocycles. The van der Waals surface area contributed by atoms with Gasteiger partial charge in [0.25, 0.3) is 5.91 Å². The summed E-state index contributed by atoms with van der Waals surface area (Å²) < 4.78 is 0.668. The molecule has 0 fully saturated rings. The van der Waals surface area contributed by atoms with E-state index in [-0.39, 0.29) is 35.5 Å². The second-order valence-electron chi connectivity index (χ2n) is 4.70. The van der Waals surface area contributed by atoms with Crippen molar-refractivity contribution in [2.24, 2.45) is 5.92 Å². The first-order valence-electron chi connectivity index (χ1n) is 6.26. The zero-order valence-electron chi connectivity index (χ0n) is 11.4. The van der Waals surface area contributed by atoms with Gasteiger partial charge in [0, 0.05) is 30.2 Å². The highest BCUT2D eigenvalue weighted by Crippen LogP contribution is 2.17. The molecule has 5 nitrogen and oxygen atoms in total. The number of carbonyl (C=O) groups is 2. The van der Waals surface area contributed by atoms with Crippen LogP contribution < -0.4 is 10.6 Å². The lowest BCUT2D eigenvalue weighted by molar-refractivity contribution is -0.121. The zero-order chi connectivity index (χ0) is 15.1. The highest BCUT2D eigenvalue weighted by molar-refractivity contribution is 9.10. The first-order valence-corrected chi connectivity index (χ1v) is 7.43. The Balaban J connectivity index is 2.40. The van der Waals surface area contributed by atoms with Crippen LogP contribution >= 0.6 is 27.5 Å². The molecule has 7 heteroatoms. The van der Waals surface area contributed by atoms with E-state index in [9.17, 15) is 9.59 Å². The molecular formula is C13H17BrClN3O2. The van der Waals surface area contributed by atoms with Gasteiger partial charge < -0.3 is 10.6 Å². The molecular weight excluding hydrogens is 346 g/mol. The Morgan fingerprint density at radius 2 is 2.10 bits per heavy atom. The lowest BCUT2D eigenvalue weighted by Gasteiger charge is -2.09. The molecule has 0 aromatic carbocycles. The minimum Gasteiger partial charge on any atom is -0.356 e. The number of halogens is 2. The summed E-state index contributed by atoms with van der Waals surface area (Å²) in [6, 6.07) is 1.59. The van der Waals surface area contributed by atoms with E-state index in [2.05, 4.69) is 31.5 Å². The van der Waals surface area contributed by atoms with Crippen molar-refractivity contribution in [2.45, 2.75) is 20.3 Å². The van der Waals surface area contributed by atoms with E-state index >= 15 is 0 Å². The first-order chi connectivity index (χ1) is 9.40. The predicted molar refractivity (Wildman–Crippen MR) is 81.7 cm³/mol. The summed E-state index contributed by atoms with van der Waals surface area (Å²) in [6.07, 6.45) is 1.75. The summed E-state index contributed by atoms with van der Waals surface area (Å²) in [5.74, 6) is -0.0296. The summed E-state index contributed by atoms with van der Waals surface area (Å²) in [5.41, 5.74) is 0.281. The summed E-state index contributed by atoms with van der Waals surface area (Å²) >= 11 is 9.07. The second kappa shape index (κ2) is 8.21. The molecule has 1 heterocycles. The van der Waals surface area contributed by atoms with Gasteiger partial charge in [-0.05, 0) is 27.9 Å². The molecule has 0 unspecified atom stereocenters. The molecule has 0 aliphatic rings. The highest BCUT2D eigenvalue weighted by atomic mass is 79.9. The van der Waals surface area contributed by atoms with Crippen LogP contribution in [0.4, 0.5) is 0 Å². The quantitative estimate of drug-likeness (QED) is 0.763. The Labute approximate surface area is 131 Å². The van der Waals surface area contributed by atoms with Crippen LogP contribution in [-0.4, -0.2) is 29.9 Å². The lowest BCUT2D eigenvalue weighted by atomic mass is 10.2. The van der Waals surface area contributed by atoms with E-state index in [1.165, 1.54) is 6.20 Å². The van der Waals surface area contributed by atoms with Crippen molar-refractivity contribution in [3.8, 4) is 0 Å². The third kappa shape index (κ3) is 5.88.